The summed E-state index contributed by atoms with van der Waals surface area (Å²) in [5.74, 6) is 0.0453. The number of aromatic hydroxyl groups is 1. The van der Waals surface area contributed by atoms with Gasteiger partial charge in [0.2, 0.25) is 0 Å². The van der Waals surface area contributed by atoms with E-state index in [2.05, 4.69) is 0 Å². The number of carbonyl (C=O) groups excluding carboxylic acids is 2. The van der Waals surface area contributed by atoms with Gasteiger partial charge in [0.1, 0.15) is 5.75 Å². The highest BCUT2D eigenvalue weighted by Gasteiger charge is 2.56. The molecule has 0 aromatic heterocycles. The third-order valence-electron chi connectivity index (χ3n) is 7.67. The van der Waals surface area contributed by atoms with Crippen LogP contribution in [0.1, 0.15) is 67.3 Å². The molecule has 166 valence electrons. The van der Waals surface area contributed by atoms with Crippen LogP contribution in [-0.2, 0) is 5.41 Å². The van der Waals surface area contributed by atoms with Crippen LogP contribution in [0.2, 0.25) is 0 Å². The molecule has 0 aliphatic rings. The van der Waals surface area contributed by atoms with Gasteiger partial charge in [0.05, 0.1) is 0 Å². The Morgan fingerprint density at radius 1 is 0.688 bits per heavy atom. The molecule has 1 atom stereocenters. The lowest BCUT2D eigenvalue weighted by Gasteiger charge is -2.53. The summed E-state index contributed by atoms with van der Waals surface area (Å²) in [7, 11) is 0. The van der Waals surface area contributed by atoms with E-state index in [9.17, 15) is 14.7 Å². The molecule has 3 nitrogen and oxygen atoms in total. The van der Waals surface area contributed by atoms with Gasteiger partial charge < -0.3 is 5.11 Å². The van der Waals surface area contributed by atoms with Gasteiger partial charge in [-0.05, 0) is 16.9 Å². The number of para-hydroxylation sites is 1. The lowest BCUT2D eigenvalue weighted by Crippen LogP contribution is -2.53. The molecule has 0 radical (unpaired) electrons. The van der Waals surface area contributed by atoms with E-state index in [1.807, 2.05) is 83.1 Å². The maximum Gasteiger partial charge on any atom is 0.169 e. The molecule has 0 aliphatic carbocycles. The second-order valence-electron chi connectivity index (χ2n) is 9.76. The average molecular weight is 429 g/mol. The quantitative estimate of drug-likeness (QED) is 0.399. The molecule has 0 aliphatic heterocycles. The number of hydrogen-bond acceptors (Lipinski definition) is 3. The Hall–Kier alpha value is -3.20. The van der Waals surface area contributed by atoms with Crippen molar-refractivity contribution in [2.75, 3.05) is 0 Å². The number of phenolic OH excluding ortho intramolecular Hbond substituents is 1. The molecule has 0 fully saturated rings. The summed E-state index contributed by atoms with van der Waals surface area (Å²) in [6.07, 6.45) is 0.0643. The SMILES string of the molecule is CC(CC(=O)c1ccccc1)(C(=O)c1ccccc1)C(C)(C)C(C)(C)c1ccccc1O. The van der Waals surface area contributed by atoms with Gasteiger partial charge in [0.15, 0.2) is 11.6 Å². The van der Waals surface area contributed by atoms with Crippen molar-refractivity contribution >= 4 is 11.6 Å². The molecule has 1 unspecified atom stereocenters. The van der Waals surface area contributed by atoms with Crippen molar-refractivity contribution in [3.8, 4) is 5.75 Å². The van der Waals surface area contributed by atoms with Crippen molar-refractivity contribution in [2.45, 2.75) is 46.5 Å². The van der Waals surface area contributed by atoms with Gasteiger partial charge in [-0.25, -0.2) is 0 Å². The summed E-state index contributed by atoms with van der Waals surface area (Å²) >= 11 is 0. The number of ketones is 2. The lowest BCUT2D eigenvalue weighted by atomic mass is 9.49. The van der Waals surface area contributed by atoms with Crippen LogP contribution in [0, 0.1) is 10.8 Å². The van der Waals surface area contributed by atoms with Gasteiger partial charge in [-0.1, -0.05) is 113 Å². The first-order valence-electron chi connectivity index (χ1n) is 11.0. The summed E-state index contributed by atoms with van der Waals surface area (Å²) in [5.41, 5.74) is -0.422. The fourth-order valence-electron chi connectivity index (χ4n) is 4.57. The molecule has 0 amide bonds. The van der Waals surface area contributed by atoms with Crippen molar-refractivity contribution in [1.82, 2.24) is 0 Å². The Balaban J connectivity index is 2.15. The van der Waals surface area contributed by atoms with Crippen LogP contribution in [0.15, 0.2) is 84.9 Å². The minimum absolute atomic E-state index is 0.0643. The van der Waals surface area contributed by atoms with Gasteiger partial charge in [0.25, 0.3) is 0 Å². The summed E-state index contributed by atoms with van der Waals surface area (Å²) in [6, 6.07) is 25.5. The second-order valence-corrected chi connectivity index (χ2v) is 9.76. The Bertz CT molecular complexity index is 1100. The van der Waals surface area contributed by atoms with Crippen LogP contribution in [0.4, 0.5) is 0 Å². The Morgan fingerprint density at radius 3 is 1.69 bits per heavy atom. The highest BCUT2D eigenvalue weighted by molar-refractivity contribution is 6.06. The number of hydrogen-bond donors (Lipinski definition) is 1. The van der Waals surface area contributed by atoms with E-state index >= 15 is 0 Å². The van der Waals surface area contributed by atoms with E-state index in [0.29, 0.717) is 11.1 Å². The summed E-state index contributed by atoms with van der Waals surface area (Å²) in [5, 5.41) is 10.6. The summed E-state index contributed by atoms with van der Waals surface area (Å²) in [6.45, 7) is 10.0. The summed E-state index contributed by atoms with van der Waals surface area (Å²) < 4.78 is 0. The Labute approximate surface area is 191 Å². The first-order valence-corrected chi connectivity index (χ1v) is 11.0. The standard InChI is InChI=1S/C29H32O3/c1-27(2,23-18-12-13-19-24(23)30)28(3,4)29(5,26(32)22-16-10-7-11-17-22)20-25(31)21-14-8-6-9-15-21/h6-19,30H,20H2,1-5H3. The first kappa shape index (κ1) is 23.5. The van der Waals surface area contributed by atoms with Crippen molar-refractivity contribution < 1.29 is 14.7 Å². The monoisotopic (exact) mass is 428 g/mol. The Kier molecular flexibility index (Phi) is 6.41. The van der Waals surface area contributed by atoms with Crippen molar-refractivity contribution in [3.05, 3.63) is 102 Å². The Morgan fingerprint density at radius 2 is 1.16 bits per heavy atom. The van der Waals surface area contributed by atoms with Gasteiger partial charge in [0, 0.05) is 28.5 Å². The van der Waals surface area contributed by atoms with Crippen molar-refractivity contribution in [1.29, 1.82) is 0 Å². The predicted molar refractivity (Wildman–Crippen MR) is 129 cm³/mol. The molecule has 0 heterocycles. The van der Waals surface area contributed by atoms with Gasteiger partial charge in [-0.2, -0.15) is 0 Å². The predicted octanol–water partition coefficient (Wildman–Crippen LogP) is 6.86. The molecule has 3 aromatic carbocycles. The van der Waals surface area contributed by atoms with Crippen LogP contribution >= 0.6 is 0 Å². The minimum Gasteiger partial charge on any atom is -0.508 e. The number of carbonyl (C=O) groups is 2. The number of phenols is 1. The zero-order chi connectivity index (χ0) is 23.6. The highest BCUT2D eigenvalue weighted by Crippen LogP contribution is 2.57. The smallest absolute Gasteiger partial charge is 0.169 e. The third-order valence-corrected chi connectivity index (χ3v) is 7.67. The zero-order valence-electron chi connectivity index (χ0n) is 19.6. The molecular formula is C29H32O3. The molecular weight excluding hydrogens is 396 g/mol. The maximum absolute atomic E-state index is 14.0. The molecule has 0 saturated heterocycles. The molecule has 1 N–H and O–H groups in total. The molecule has 3 aromatic rings. The topological polar surface area (TPSA) is 54.4 Å². The van der Waals surface area contributed by atoms with Crippen molar-refractivity contribution in [2.24, 2.45) is 10.8 Å². The minimum atomic E-state index is -1.03. The van der Waals surface area contributed by atoms with E-state index in [1.165, 1.54) is 0 Å². The van der Waals surface area contributed by atoms with E-state index in [1.54, 1.807) is 36.4 Å². The molecule has 3 heteroatoms. The van der Waals surface area contributed by atoms with Crippen LogP contribution in [0.25, 0.3) is 0 Å². The second kappa shape index (κ2) is 8.74. The van der Waals surface area contributed by atoms with Crippen molar-refractivity contribution in [3.63, 3.8) is 0 Å². The van der Waals surface area contributed by atoms with E-state index in [0.717, 1.165) is 5.56 Å². The van der Waals surface area contributed by atoms with Gasteiger partial charge in [-0.3, -0.25) is 9.59 Å². The van der Waals surface area contributed by atoms with Gasteiger partial charge >= 0.3 is 0 Å². The van der Waals surface area contributed by atoms with Crippen LogP contribution in [0.3, 0.4) is 0 Å². The van der Waals surface area contributed by atoms with E-state index in [4.69, 9.17) is 0 Å². The third kappa shape index (κ3) is 4.00. The molecule has 0 saturated carbocycles. The molecule has 0 spiro atoms. The highest BCUT2D eigenvalue weighted by atomic mass is 16.3. The van der Waals surface area contributed by atoms with Gasteiger partial charge in [-0.15, -0.1) is 0 Å². The van der Waals surface area contributed by atoms with E-state index < -0.39 is 16.2 Å². The fraction of sp³-hybridized carbons (Fsp3) is 0.310. The zero-order valence-corrected chi connectivity index (χ0v) is 19.6. The first-order chi connectivity index (χ1) is 15.0. The van der Waals surface area contributed by atoms with Crippen LogP contribution in [-0.4, -0.2) is 16.7 Å². The molecule has 0 bridgehead atoms. The fourth-order valence-corrected chi connectivity index (χ4v) is 4.57. The number of rotatable bonds is 8. The van der Waals surface area contributed by atoms with E-state index in [-0.39, 0.29) is 23.7 Å². The lowest BCUT2D eigenvalue weighted by molar-refractivity contribution is 0.0135. The summed E-state index contributed by atoms with van der Waals surface area (Å²) in [4.78, 5) is 27.4. The molecule has 3 rings (SSSR count). The van der Waals surface area contributed by atoms with Crippen LogP contribution in [0.5, 0.6) is 5.75 Å². The number of Topliss-reactive ketones (excluding diaryl/α,β-unsaturated/α-hetero) is 2. The van der Waals surface area contributed by atoms with Crippen LogP contribution < -0.4 is 0 Å². The normalized spacial score (nSPS) is 13.9. The molecule has 32 heavy (non-hydrogen) atoms. The maximum atomic E-state index is 14.0. The average Bonchev–Trinajstić information content (AvgIpc) is 2.79. The largest absolute Gasteiger partial charge is 0.508 e. The number of benzene rings is 3.